The number of carbonyl (C=O) groups is 2. The maximum atomic E-state index is 14.4. The summed E-state index contributed by atoms with van der Waals surface area (Å²) in [5.41, 5.74) is -0.184. The molecule has 2 aromatic heterocycles. The Balaban J connectivity index is 1.79. The highest BCUT2D eigenvalue weighted by molar-refractivity contribution is 6.31. The van der Waals surface area contributed by atoms with Crippen LogP contribution in [-0.4, -0.2) is 23.3 Å². The standard InChI is InChI=1S/C27H18ClN3O4/c1-3-12-30-19-7-5-4-6-18(19)27(26(30)34)22-23(32)17-14-16(28)8-9-20(17)35-24(22)25(33)31(27)21-13-15(2)10-11-29-21/h3-11,13-14H,1,12H2,2H3. The molecule has 1 atom stereocenters. The molecular formula is C27H18ClN3O4. The Bertz CT molecular complexity index is 1660. The number of rotatable bonds is 3. The molecule has 0 aliphatic carbocycles. The number of fused-ring (bicyclic) bond motifs is 5. The van der Waals surface area contributed by atoms with Crippen LogP contribution in [-0.2, 0) is 10.3 Å². The summed E-state index contributed by atoms with van der Waals surface area (Å²) in [6.07, 6.45) is 3.16. The van der Waals surface area contributed by atoms with Crippen LogP contribution in [0, 0.1) is 6.92 Å². The number of hydrogen-bond acceptors (Lipinski definition) is 5. The van der Waals surface area contributed by atoms with Gasteiger partial charge in [0.05, 0.1) is 16.6 Å². The van der Waals surface area contributed by atoms with E-state index in [0.717, 1.165) is 5.56 Å². The topological polar surface area (TPSA) is 83.7 Å². The normalized spacial score (nSPS) is 18.5. The van der Waals surface area contributed by atoms with Gasteiger partial charge in [0.15, 0.2) is 11.0 Å². The maximum Gasteiger partial charge on any atom is 0.297 e. The SMILES string of the molecule is C=CCN1C(=O)C2(c3ccccc31)c1c(oc3ccc(Cl)cc3c1=O)C(=O)N2c1cc(C)ccn1. The molecule has 0 saturated heterocycles. The summed E-state index contributed by atoms with van der Waals surface area (Å²) in [6.45, 7) is 5.84. The molecule has 4 heterocycles. The molecule has 8 heteroatoms. The fourth-order valence-electron chi connectivity index (χ4n) is 5.13. The van der Waals surface area contributed by atoms with Crippen LogP contribution in [0.25, 0.3) is 11.0 Å². The van der Waals surface area contributed by atoms with Gasteiger partial charge in [0, 0.05) is 23.3 Å². The lowest BCUT2D eigenvalue weighted by molar-refractivity contribution is -0.121. The minimum absolute atomic E-state index is 0.0374. The second kappa shape index (κ2) is 7.38. The Morgan fingerprint density at radius 2 is 1.91 bits per heavy atom. The third-order valence-electron chi connectivity index (χ3n) is 6.53. The van der Waals surface area contributed by atoms with Gasteiger partial charge in [0.1, 0.15) is 11.4 Å². The average molecular weight is 484 g/mol. The van der Waals surface area contributed by atoms with E-state index >= 15 is 0 Å². The Morgan fingerprint density at radius 1 is 1.11 bits per heavy atom. The first-order chi connectivity index (χ1) is 16.9. The van der Waals surface area contributed by atoms with E-state index in [-0.39, 0.29) is 34.7 Å². The summed E-state index contributed by atoms with van der Waals surface area (Å²) in [4.78, 5) is 49.6. The second-order valence-electron chi connectivity index (χ2n) is 8.54. The first-order valence-electron chi connectivity index (χ1n) is 11.0. The van der Waals surface area contributed by atoms with E-state index in [1.807, 2.05) is 6.92 Å². The second-order valence-corrected chi connectivity index (χ2v) is 8.98. The number of amides is 2. The molecule has 7 nitrogen and oxygen atoms in total. The average Bonchev–Trinajstić information content (AvgIpc) is 3.25. The summed E-state index contributed by atoms with van der Waals surface area (Å²) in [5, 5.41) is 0.529. The van der Waals surface area contributed by atoms with Crippen LogP contribution in [0.2, 0.25) is 5.02 Å². The highest BCUT2D eigenvalue weighted by Gasteiger charge is 2.65. The fraction of sp³-hybridized carbons (Fsp3) is 0.111. The zero-order valence-corrected chi connectivity index (χ0v) is 19.4. The van der Waals surface area contributed by atoms with Crippen molar-refractivity contribution in [3.05, 3.63) is 111 Å². The monoisotopic (exact) mass is 483 g/mol. The van der Waals surface area contributed by atoms with E-state index in [4.69, 9.17) is 16.0 Å². The van der Waals surface area contributed by atoms with Crippen molar-refractivity contribution in [3.8, 4) is 0 Å². The number of benzene rings is 2. The summed E-state index contributed by atoms with van der Waals surface area (Å²) in [5.74, 6) is -1.01. The Labute approximate surface area is 204 Å². The number of hydrogen-bond donors (Lipinski definition) is 0. The van der Waals surface area contributed by atoms with Gasteiger partial charge in [-0.3, -0.25) is 19.3 Å². The third kappa shape index (κ3) is 2.67. The summed E-state index contributed by atoms with van der Waals surface area (Å²) in [7, 11) is 0. The van der Waals surface area contributed by atoms with Crippen molar-refractivity contribution in [3.63, 3.8) is 0 Å². The first kappa shape index (κ1) is 21.3. The van der Waals surface area contributed by atoms with E-state index < -0.39 is 22.8 Å². The van der Waals surface area contributed by atoms with Crippen LogP contribution < -0.4 is 15.2 Å². The van der Waals surface area contributed by atoms with Crippen LogP contribution in [0.3, 0.4) is 0 Å². The number of pyridine rings is 1. The van der Waals surface area contributed by atoms with Crippen molar-refractivity contribution in [2.75, 3.05) is 16.3 Å². The predicted octanol–water partition coefficient (Wildman–Crippen LogP) is 4.59. The van der Waals surface area contributed by atoms with E-state index in [0.29, 0.717) is 16.3 Å². The van der Waals surface area contributed by atoms with E-state index in [9.17, 15) is 14.4 Å². The van der Waals surface area contributed by atoms with Gasteiger partial charge in [0.2, 0.25) is 5.76 Å². The summed E-state index contributed by atoms with van der Waals surface area (Å²) < 4.78 is 6.01. The van der Waals surface area contributed by atoms with Crippen LogP contribution in [0.4, 0.5) is 11.5 Å². The third-order valence-corrected chi connectivity index (χ3v) is 6.76. The Kier molecular flexibility index (Phi) is 4.50. The van der Waals surface area contributed by atoms with Gasteiger partial charge in [-0.1, -0.05) is 35.9 Å². The highest BCUT2D eigenvalue weighted by Crippen LogP contribution is 2.53. The number of para-hydroxylation sites is 1. The van der Waals surface area contributed by atoms with Crippen LogP contribution in [0.1, 0.15) is 27.2 Å². The first-order valence-corrected chi connectivity index (χ1v) is 11.3. The van der Waals surface area contributed by atoms with Gasteiger partial charge in [-0.25, -0.2) is 4.98 Å². The molecule has 2 aliphatic rings. The lowest BCUT2D eigenvalue weighted by atomic mass is 9.84. The summed E-state index contributed by atoms with van der Waals surface area (Å²) >= 11 is 6.18. The molecule has 1 unspecified atom stereocenters. The zero-order chi connectivity index (χ0) is 24.5. The van der Waals surface area contributed by atoms with E-state index in [2.05, 4.69) is 11.6 Å². The van der Waals surface area contributed by atoms with Gasteiger partial charge < -0.3 is 9.32 Å². The van der Waals surface area contributed by atoms with Crippen molar-refractivity contribution in [1.82, 2.24) is 4.98 Å². The van der Waals surface area contributed by atoms with Crippen molar-refractivity contribution >= 4 is 45.9 Å². The van der Waals surface area contributed by atoms with Gasteiger partial charge in [-0.05, 0) is 48.9 Å². The molecule has 2 amide bonds. The van der Waals surface area contributed by atoms with Crippen molar-refractivity contribution in [2.45, 2.75) is 12.5 Å². The molecule has 2 aliphatic heterocycles. The molecule has 6 rings (SSSR count). The number of aromatic nitrogens is 1. The largest absolute Gasteiger partial charge is 0.450 e. The lowest BCUT2D eigenvalue weighted by Gasteiger charge is -2.33. The van der Waals surface area contributed by atoms with Gasteiger partial charge in [0.25, 0.3) is 11.8 Å². The van der Waals surface area contributed by atoms with E-state index in [1.165, 1.54) is 15.9 Å². The quantitative estimate of drug-likeness (QED) is 0.398. The van der Waals surface area contributed by atoms with Gasteiger partial charge >= 0.3 is 0 Å². The molecule has 2 aromatic carbocycles. The summed E-state index contributed by atoms with van der Waals surface area (Å²) in [6, 6.07) is 15.2. The minimum Gasteiger partial charge on any atom is -0.450 e. The predicted molar refractivity (Wildman–Crippen MR) is 133 cm³/mol. The Morgan fingerprint density at radius 3 is 2.69 bits per heavy atom. The number of anilines is 2. The molecule has 0 N–H and O–H groups in total. The molecular weight excluding hydrogens is 466 g/mol. The number of halogens is 1. The zero-order valence-electron chi connectivity index (χ0n) is 18.6. The van der Waals surface area contributed by atoms with Crippen LogP contribution in [0.15, 0.2) is 82.7 Å². The molecule has 4 aromatic rings. The highest BCUT2D eigenvalue weighted by atomic mass is 35.5. The fourth-order valence-corrected chi connectivity index (χ4v) is 5.31. The molecule has 0 radical (unpaired) electrons. The van der Waals surface area contributed by atoms with Crippen molar-refractivity contribution in [1.29, 1.82) is 0 Å². The number of aryl methyl sites for hydroxylation is 1. The van der Waals surface area contributed by atoms with E-state index in [1.54, 1.807) is 60.8 Å². The molecule has 0 fully saturated rings. The smallest absolute Gasteiger partial charge is 0.297 e. The molecule has 0 saturated carbocycles. The van der Waals surface area contributed by atoms with Crippen LogP contribution >= 0.6 is 11.6 Å². The maximum absolute atomic E-state index is 14.4. The lowest BCUT2D eigenvalue weighted by Crippen LogP contribution is -2.54. The van der Waals surface area contributed by atoms with Gasteiger partial charge in [-0.15, -0.1) is 6.58 Å². The number of carbonyl (C=O) groups excluding carboxylic acids is 2. The van der Waals surface area contributed by atoms with Crippen LogP contribution in [0.5, 0.6) is 0 Å². The molecule has 35 heavy (non-hydrogen) atoms. The molecule has 0 bridgehead atoms. The van der Waals surface area contributed by atoms with Crippen molar-refractivity contribution < 1.29 is 14.0 Å². The number of nitrogens with zero attached hydrogens (tertiary/aromatic N) is 3. The van der Waals surface area contributed by atoms with Crippen molar-refractivity contribution in [2.24, 2.45) is 0 Å². The molecule has 172 valence electrons. The molecule has 1 spiro atoms. The minimum atomic E-state index is -1.79. The van der Waals surface area contributed by atoms with Gasteiger partial charge in [-0.2, -0.15) is 0 Å². The Hall–Kier alpha value is -4.23.